The third-order valence-corrected chi connectivity index (χ3v) is 3.48. The maximum absolute atomic E-state index is 13.2. The van der Waals surface area contributed by atoms with Crippen molar-refractivity contribution in [3.63, 3.8) is 0 Å². The highest BCUT2D eigenvalue weighted by atomic mass is 79.9. The van der Waals surface area contributed by atoms with Crippen molar-refractivity contribution < 1.29 is 9.18 Å². The van der Waals surface area contributed by atoms with Gasteiger partial charge in [0.05, 0.1) is 11.5 Å². The van der Waals surface area contributed by atoms with Crippen LogP contribution >= 0.6 is 15.9 Å². The Kier molecular flexibility index (Phi) is 3.79. The van der Waals surface area contributed by atoms with Crippen LogP contribution in [0.4, 0.5) is 4.39 Å². The molecule has 1 aromatic rings. The molecule has 1 amide bonds. The molecule has 3 nitrogen and oxygen atoms in total. The lowest BCUT2D eigenvalue weighted by molar-refractivity contribution is -0.131. The average molecular weight is 301 g/mol. The summed E-state index contributed by atoms with van der Waals surface area (Å²) in [5.41, 5.74) is 1.92. The molecule has 5 heteroatoms. The molecule has 0 bridgehead atoms. The van der Waals surface area contributed by atoms with Crippen LogP contribution in [0.25, 0.3) is 0 Å². The minimum absolute atomic E-state index is 0.00195. The smallest absolute Gasteiger partial charge is 0.234 e. The van der Waals surface area contributed by atoms with Gasteiger partial charge in [-0.3, -0.25) is 10.1 Å². The van der Waals surface area contributed by atoms with Crippen molar-refractivity contribution >= 4 is 21.8 Å². The number of hydrogen-bond donors (Lipinski definition) is 1. The van der Waals surface area contributed by atoms with Gasteiger partial charge in [-0.25, -0.2) is 4.39 Å². The van der Waals surface area contributed by atoms with E-state index in [1.54, 1.807) is 11.0 Å². The number of carbonyl (C=O) groups excluding carboxylic acids is 1. The Morgan fingerprint density at radius 2 is 2.35 bits per heavy atom. The topological polar surface area (TPSA) is 32.3 Å². The van der Waals surface area contributed by atoms with Crippen molar-refractivity contribution in [1.82, 2.24) is 10.2 Å². The molecule has 92 valence electrons. The van der Waals surface area contributed by atoms with Crippen LogP contribution in [0.1, 0.15) is 18.1 Å². The standard InChI is InChI=1S/C12H14BrFN2O/c1-8-15-6-9-2-3-11(14)4-10(9)7-16(8)12(17)5-13/h2-4,8,15H,5-7H2,1H3. The van der Waals surface area contributed by atoms with E-state index >= 15 is 0 Å². The second-order valence-electron chi connectivity index (χ2n) is 4.13. The van der Waals surface area contributed by atoms with Gasteiger partial charge in [0.15, 0.2) is 0 Å². The zero-order chi connectivity index (χ0) is 12.4. The Balaban J connectivity index is 2.31. The van der Waals surface area contributed by atoms with E-state index in [2.05, 4.69) is 21.2 Å². The zero-order valence-corrected chi connectivity index (χ0v) is 11.1. The fourth-order valence-corrected chi connectivity index (χ4v) is 2.31. The molecule has 0 spiro atoms. The van der Waals surface area contributed by atoms with Crippen LogP contribution in [0.5, 0.6) is 0 Å². The minimum Gasteiger partial charge on any atom is -0.322 e. The van der Waals surface area contributed by atoms with Crippen LogP contribution in [0, 0.1) is 5.82 Å². The van der Waals surface area contributed by atoms with E-state index < -0.39 is 0 Å². The Labute approximate surface area is 108 Å². The van der Waals surface area contributed by atoms with Gasteiger partial charge in [-0.05, 0) is 30.2 Å². The third-order valence-electron chi connectivity index (χ3n) is 3.00. The molecule has 2 rings (SSSR count). The summed E-state index contributed by atoms with van der Waals surface area (Å²) in [4.78, 5) is 13.5. The first-order valence-electron chi connectivity index (χ1n) is 5.48. The Morgan fingerprint density at radius 3 is 3.06 bits per heavy atom. The number of hydrogen-bond acceptors (Lipinski definition) is 2. The Morgan fingerprint density at radius 1 is 1.59 bits per heavy atom. The largest absolute Gasteiger partial charge is 0.322 e. The number of halogens is 2. The van der Waals surface area contributed by atoms with Gasteiger partial charge in [0, 0.05) is 13.1 Å². The number of nitrogens with one attached hydrogen (secondary N) is 1. The molecule has 1 unspecified atom stereocenters. The molecular formula is C12H14BrFN2O. The summed E-state index contributed by atoms with van der Waals surface area (Å²) < 4.78 is 13.2. The Hall–Kier alpha value is -0.940. The number of alkyl halides is 1. The lowest BCUT2D eigenvalue weighted by Gasteiger charge is -2.27. The highest BCUT2D eigenvalue weighted by Crippen LogP contribution is 2.19. The monoisotopic (exact) mass is 300 g/mol. The predicted molar refractivity (Wildman–Crippen MR) is 67.0 cm³/mol. The second kappa shape index (κ2) is 5.14. The molecule has 1 aromatic carbocycles. The summed E-state index contributed by atoms with van der Waals surface area (Å²) in [6.07, 6.45) is -0.0458. The van der Waals surface area contributed by atoms with E-state index in [9.17, 15) is 9.18 Å². The quantitative estimate of drug-likeness (QED) is 0.805. The maximum Gasteiger partial charge on any atom is 0.234 e. The normalized spacial score (nSPS) is 19.7. The van der Waals surface area contributed by atoms with Crippen molar-refractivity contribution in [2.24, 2.45) is 0 Å². The van der Waals surface area contributed by atoms with Gasteiger partial charge >= 0.3 is 0 Å². The average Bonchev–Trinajstić information content (AvgIpc) is 2.48. The molecule has 0 radical (unpaired) electrons. The number of carbonyl (C=O) groups is 1. The highest BCUT2D eigenvalue weighted by Gasteiger charge is 2.23. The molecule has 0 aliphatic carbocycles. The molecule has 1 N–H and O–H groups in total. The van der Waals surface area contributed by atoms with Gasteiger partial charge in [-0.2, -0.15) is 0 Å². The minimum atomic E-state index is -0.260. The first-order valence-corrected chi connectivity index (χ1v) is 6.60. The van der Waals surface area contributed by atoms with Crippen LogP contribution in [-0.2, 0) is 17.9 Å². The van der Waals surface area contributed by atoms with Gasteiger partial charge in [0.1, 0.15) is 5.82 Å². The highest BCUT2D eigenvalue weighted by molar-refractivity contribution is 9.09. The molecule has 1 aliphatic heterocycles. The van der Waals surface area contributed by atoms with Gasteiger partial charge in [-0.1, -0.05) is 22.0 Å². The van der Waals surface area contributed by atoms with Gasteiger partial charge in [0.2, 0.25) is 5.91 Å². The summed E-state index contributed by atoms with van der Waals surface area (Å²) in [5, 5.41) is 3.53. The first kappa shape index (κ1) is 12.5. The molecule has 1 atom stereocenters. The lowest BCUT2D eigenvalue weighted by atomic mass is 10.1. The van der Waals surface area contributed by atoms with Gasteiger partial charge in [-0.15, -0.1) is 0 Å². The SMILES string of the molecule is CC1NCc2ccc(F)cc2CN1C(=O)CBr. The first-order chi connectivity index (χ1) is 8.11. The van der Waals surface area contributed by atoms with Crippen molar-refractivity contribution in [3.8, 4) is 0 Å². The van der Waals surface area contributed by atoms with E-state index in [0.717, 1.165) is 11.1 Å². The lowest BCUT2D eigenvalue weighted by Crippen LogP contribution is -2.45. The van der Waals surface area contributed by atoms with Crippen molar-refractivity contribution in [2.45, 2.75) is 26.2 Å². The maximum atomic E-state index is 13.2. The second-order valence-corrected chi connectivity index (χ2v) is 4.69. The fourth-order valence-electron chi connectivity index (χ4n) is 1.98. The van der Waals surface area contributed by atoms with Gasteiger partial charge < -0.3 is 4.90 Å². The number of fused-ring (bicyclic) bond motifs is 1. The number of rotatable bonds is 1. The molecule has 1 heterocycles. The number of nitrogens with zero attached hydrogens (tertiary/aromatic N) is 1. The molecule has 17 heavy (non-hydrogen) atoms. The van der Waals surface area contributed by atoms with Crippen molar-refractivity contribution in [2.75, 3.05) is 5.33 Å². The van der Waals surface area contributed by atoms with Gasteiger partial charge in [0.25, 0.3) is 0 Å². The van der Waals surface area contributed by atoms with Crippen LogP contribution < -0.4 is 5.32 Å². The summed E-state index contributed by atoms with van der Waals surface area (Å²) in [5.74, 6) is -0.258. The van der Waals surface area contributed by atoms with E-state index in [0.29, 0.717) is 13.1 Å². The van der Waals surface area contributed by atoms with Crippen molar-refractivity contribution in [1.29, 1.82) is 0 Å². The molecule has 0 aromatic heterocycles. The molecule has 0 fully saturated rings. The van der Waals surface area contributed by atoms with Crippen molar-refractivity contribution in [3.05, 3.63) is 35.1 Å². The van der Waals surface area contributed by atoms with Crippen LogP contribution in [0.15, 0.2) is 18.2 Å². The van der Waals surface area contributed by atoms with E-state index in [1.165, 1.54) is 12.1 Å². The third kappa shape index (κ3) is 2.66. The van der Waals surface area contributed by atoms with Crippen LogP contribution in [0.3, 0.4) is 0 Å². The van der Waals surface area contributed by atoms with E-state index in [4.69, 9.17) is 0 Å². The molecule has 1 aliphatic rings. The number of amides is 1. The zero-order valence-electron chi connectivity index (χ0n) is 9.54. The summed E-state index contributed by atoms with van der Waals surface area (Å²) >= 11 is 3.16. The molecule has 0 saturated carbocycles. The Bertz CT molecular complexity index is 439. The molecule has 0 saturated heterocycles. The summed E-state index contributed by atoms with van der Waals surface area (Å²) in [7, 11) is 0. The number of benzene rings is 1. The van der Waals surface area contributed by atoms with E-state index in [1.807, 2.05) is 6.92 Å². The van der Waals surface area contributed by atoms with Crippen LogP contribution in [-0.4, -0.2) is 22.3 Å². The summed E-state index contributed by atoms with van der Waals surface area (Å²) in [6, 6.07) is 4.73. The van der Waals surface area contributed by atoms with E-state index in [-0.39, 0.29) is 23.2 Å². The predicted octanol–water partition coefficient (Wildman–Crippen LogP) is 2.00. The summed E-state index contributed by atoms with van der Waals surface area (Å²) in [6.45, 7) is 3.04. The molecular weight excluding hydrogens is 287 g/mol. The van der Waals surface area contributed by atoms with Crippen LogP contribution in [0.2, 0.25) is 0 Å². The fraction of sp³-hybridized carbons (Fsp3) is 0.417.